The van der Waals surface area contributed by atoms with Crippen LogP contribution in [0.1, 0.15) is 50.5 Å². The Bertz CT molecular complexity index is 838. The molecule has 0 radical (unpaired) electrons. The third-order valence-corrected chi connectivity index (χ3v) is 5.07. The number of hydrogen-bond acceptors (Lipinski definition) is 2. The number of carbonyl (C=O) groups excluding carboxylic acids is 2. The molecule has 2 aliphatic rings. The highest BCUT2D eigenvalue weighted by molar-refractivity contribution is 6.31. The number of ketones is 1. The summed E-state index contributed by atoms with van der Waals surface area (Å²) in [6, 6.07) is 5.66. The smallest absolute Gasteiger partial charge is 0.275 e. The topological polar surface area (TPSA) is 53.2 Å². The maximum absolute atomic E-state index is 13.0. The van der Waals surface area contributed by atoms with Gasteiger partial charge in [0.2, 0.25) is 0 Å². The summed E-state index contributed by atoms with van der Waals surface area (Å²) in [6.45, 7) is 2.51. The van der Waals surface area contributed by atoms with Crippen molar-refractivity contribution in [2.45, 2.75) is 32.6 Å². The second kappa shape index (κ2) is 5.24. The number of carbonyl (C=O) groups is 2. The van der Waals surface area contributed by atoms with Gasteiger partial charge in [0.05, 0.1) is 0 Å². The summed E-state index contributed by atoms with van der Waals surface area (Å²) in [4.78, 5) is 30.1. The first-order chi connectivity index (χ1) is 11.1. The lowest BCUT2D eigenvalue weighted by molar-refractivity contribution is 0.0970. The number of nitrogens with one attached hydrogen (secondary N) is 1. The zero-order chi connectivity index (χ0) is 16.1. The number of hydrogen-bond donors (Lipinski definition) is 1. The van der Waals surface area contributed by atoms with Crippen LogP contribution in [0.4, 0.5) is 5.69 Å². The molecule has 2 aromatic rings. The van der Waals surface area contributed by atoms with Crippen molar-refractivity contribution in [1.82, 2.24) is 4.98 Å². The summed E-state index contributed by atoms with van der Waals surface area (Å²) in [5.41, 5.74) is 4.97. The van der Waals surface area contributed by atoms with Gasteiger partial charge in [0.1, 0.15) is 5.69 Å². The van der Waals surface area contributed by atoms with Crippen molar-refractivity contribution < 1.29 is 9.59 Å². The van der Waals surface area contributed by atoms with Crippen molar-refractivity contribution in [2.75, 3.05) is 11.4 Å². The van der Waals surface area contributed by atoms with E-state index >= 15 is 0 Å². The number of halogens is 1. The van der Waals surface area contributed by atoms with Gasteiger partial charge in [0.15, 0.2) is 5.78 Å². The van der Waals surface area contributed by atoms with Crippen LogP contribution in [0.3, 0.4) is 0 Å². The summed E-state index contributed by atoms with van der Waals surface area (Å²) in [5.74, 6) is 0.0645. The van der Waals surface area contributed by atoms with Crippen molar-refractivity contribution >= 4 is 29.0 Å². The largest absolute Gasteiger partial charge is 0.354 e. The van der Waals surface area contributed by atoms with Gasteiger partial charge in [0, 0.05) is 34.9 Å². The second-order valence-electron chi connectivity index (χ2n) is 6.24. The molecule has 0 spiro atoms. The zero-order valence-electron chi connectivity index (χ0n) is 12.9. The van der Waals surface area contributed by atoms with Crippen molar-refractivity contribution in [1.29, 1.82) is 0 Å². The van der Waals surface area contributed by atoms with E-state index in [4.69, 9.17) is 11.6 Å². The van der Waals surface area contributed by atoms with Gasteiger partial charge >= 0.3 is 0 Å². The van der Waals surface area contributed by atoms with Crippen LogP contribution in [0.15, 0.2) is 18.2 Å². The molecule has 0 atom stereocenters. The van der Waals surface area contributed by atoms with Crippen LogP contribution in [0.25, 0.3) is 0 Å². The predicted molar refractivity (Wildman–Crippen MR) is 89.6 cm³/mol. The van der Waals surface area contributed by atoms with Crippen molar-refractivity contribution in [3.63, 3.8) is 0 Å². The molecule has 0 saturated heterocycles. The molecule has 5 heteroatoms. The third kappa shape index (κ3) is 2.20. The van der Waals surface area contributed by atoms with E-state index in [9.17, 15) is 9.59 Å². The normalized spacial score (nSPS) is 16.4. The summed E-state index contributed by atoms with van der Waals surface area (Å²) in [5, 5.41) is 0.626. The molecule has 2 heterocycles. The fourth-order valence-electron chi connectivity index (χ4n) is 3.69. The molecule has 23 heavy (non-hydrogen) atoms. The Labute approximate surface area is 139 Å². The number of Topliss-reactive ketones (excluding diaryl/α,β-unsaturated/α-hetero) is 1. The van der Waals surface area contributed by atoms with Gasteiger partial charge in [-0.3, -0.25) is 9.59 Å². The number of H-pyrrole nitrogens is 1. The second-order valence-corrected chi connectivity index (χ2v) is 6.67. The molecular formula is C18H17ClN2O2. The number of anilines is 1. The number of nitrogens with zero attached hydrogens (tertiary/aromatic N) is 1. The first-order valence-electron chi connectivity index (χ1n) is 7.91. The van der Waals surface area contributed by atoms with E-state index in [1.807, 2.05) is 25.1 Å². The molecule has 1 aromatic heterocycles. The highest BCUT2D eigenvalue weighted by Crippen LogP contribution is 2.33. The molecule has 0 saturated carbocycles. The van der Waals surface area contributed by atoms with E-state index in [-0.39, 0.29) is 11.7 Å². The fraction of sp³-hybridized carbons (Fsp3) is 0.333. The van der Waals surface area contributed by atoms with Crippen LogP contribution in [-0.4, -0.2) is 23.2 Å². The van der Waals surface area contributed by atoms with Crippen LogP contribution in [-0.2, 0) is 12.8 Å². The van der Waals surface area contributed by atoms with E-state index in [0.717, 1.165) is 47.3 Å². The number of aromatic amines is 1. The molecular weight excluding hydrogens is 312 g/mol. The molecule has 118 valence electrons. The third-order valence-electron chi connectivity index (χ3n) is 4.84. The van der Waals surface area contributed by atoms with E-state index in [1.54, 1.807) is 4.90 Å². The molecule has 0 unspecified atom stereocenters. The SMILES string of the molecule is Cc1c(C(=O)N2CCc3ccc(Cl)cc32)[nH]c2c1C(=O)CCC2. The zero-order valence-corrected chi connectivity index (χ0v) is 13.7. The standard InChI is InChI=1S/C18H17ClN2O2/c1-10-16-13(3-2-4-15(16)22)20-17(10)18(23)21-8-7-11-5-6-12(19)9-14(11)21/h5-6,9,20H,2-4,7-8H2,1H3. The predicted octanol–water partition coefficient (Wildman–Crippen LogP) is 3.70. The molecule has 0 fully saturated rings. The average molecular weight is 329 g/mol. The van der Waals surface area contributed by atoms with E-state index in [1.165, 1.54) is 0 Å². The molecule has 1 aliphatic carbocycles. The van der Waals surface area contributed by atoms with Gasteiger partial charge in [0.25, 0.3) is 5.91 Å². The Kier molecular flexibility index (Phi) is 3.31. The van der Waals surface area contributed by atoms with Gasteiger partial charge in [-0.2, -0.15) is 0 Å². The Balaban J connectivity index is 1.75. The minimum Gasteiger partial charge on any atom is -0.354 e. The lowest BCUT2D eigenvalue weighted by atomic mass is 9.94. The van der Waals surface area contributed by atoms with Crippen molar-refractivity contribution in [3.05, 3.63) is 51.3 Å². The van der Waals surface area contributed by atoms with Crippen molar-refractivity contribution in [3.8, 4) is 0 Å². The molecule has 1 amide bonds. The monoisotopic (exact) mass is 328 g/mol. The lowest BCUT2D eigenvalue weighted by Crippen LogP contribution is -2.29. The summed E-state index contributed by atoms with van der Waals surface area (Å²) in [7, 11) is 0. The Morgan fingerprint density at radius 3 is 2.87 bits per heavy atom. The van der Waals surface area contributed by atoms with Crippen LogP contribution in [0.2, 0.25) is 5.02 Å². The minimum atomic E-state index is -0.0780. The van der Waals surface area contributed by atoms with Gasteiger partial charge < -0.3 is 9.88 Å². The molecule has 0 bridgehead atoms. The summed E-state index contributed by atoms with van der Waals surface area (Å²) >= 11 is 6.08. The summed E-state index contributed by atoms with van der Waals surface area (Å²) < 4.78 is 0. The van der Waals surface area contributed by atoms with Crippen LogP contribution in [0.5, 0.6) is 0 Å². The average Bonchev–Trinajstić information content (AvgIpc) is 3.08. The quantitative estimate of drug-likeness (QED) is 0.867. The first-order valence-corrected chi connectivity index (χ1v) is 8.29. The van der Waals surface area contributed by atoms with Gasteiger partial charge in [-0.15, -0.1) is 0 Å². The Hall–Kier alpha value is -2.07. The van der Waals surface area contributed by atoms with Crippen LogP contribution >= 0.6 is 11.6 Å². The maximum Gasteiger partial charge on any atom is 0.275 e. The Morgan fingerprint density at radius 2 is 2.09 bits per heavy atom. The molecule has 1 aromatic carbocycles. The number of aryl methyl sites for hydroxylation is 1. The van der Waals surface area contributed by atoms with Crippen LogP contribution in [0, 0.1) is 6.92 Å². The molecule has 1 aliphatic heterocycles. The van der Waals surface area contributed by atoms with Gasteiger partial charge in [-0.25, -0.2) is 0 Å². The minimum absolute atomic E-state index is 0.0780. The van der Waals surface area contributed by atoms with E-state index in [0.29, 0.717) is 23.7 Å². The molecule has 4 rings (SSSR count). The van der Waals surface area contributed by atoms with Gasteiger partial charge in [-0.05, 0) is 49.4 Å². The maximum atomic E-state index is 13.0. The molecule has 1 N–H and O–H groups in total. The van der Waals surface area contributed by atoms with E-state index < -0.39 is 0 Å². The summed E-state index contributed by atoms with van der Waals surface area (Å²) in [6.07, 6.45) is 3.08. The molecule has 4 nitrogen and oxygen atoms in total. The van der Waals surface area contributed by atoms with Gasteiger partial charge in [-0.1, -0.05) is 17.7 Å². The lowest BCUT2D eigenvalue weighted by Gasteiger charge is -2.17. The first kappa shape index (κ1) is 14.5. The number of fused-ring (bicyclic) bond motifs is 2. The number of amides is 1. The number of aromatic nitrogens is 1. The van der Waals surface area contributed by atoms with Crippen LogP contribution < -0.4 is 4.90 Å². The highest BCUT2D eigenvalue weighted by Gasteiger charge is 2.31. The fourth-order valence-corrected chi connectivity index (χ4v) is 3.85. The Morgan fingerprint density at radius 1 is 1.26 bits per heavy atom. The van der Waals surface area contributed by atoms with E-state index in [2.05, 4.69) is 4.98 Å². The number of rotatable bonds is 1. The number of benzene rings is 1. The van der Waals surface area contributed by atoms with Crippen molar-refractivity contribution in [2.24, 2.45) is 0 Å². The highest BCUT2D eigenvalue weighted by atomic mass is 35.5.